The highest BCUT2D eigenvalue weighted by atomic mass is 35.5. The van der Waals surface area contributed by atoms with E-state index in [9.17, 15) is 5.11 Å². The standard InChI is InChI=1S/C20H25ClN6O/c1-19(2,3)18-24-16(26-9-7-20(4,28)11-26)15-17(25-18)27(12-23-15)10-14-13(21)6-5-8-22-14/h5-6,8,12,28H,7,9-11H2,1-4H3. The summed E-state index contributed by atoms with van der Waals surface area (Å²) in [5, 5.41) is 11.0. The van der Waals surface area contributed by atoms with Gasteiger partial charge in [0.25, 0.3) is 0 Å². The zero-order chi connectivity index (χ0) is 20.1. The Morgan fingerprint density at radius 1 is 1.25 bits per heavy atom. The van der Waals surface area contributed by atoms with Crippen LogP contribution < -0.4 is 4.90 Å². The highest BCUT2D eigenvalue weighted by Crippen LogP contribution is 2.32. The van der Waals surface area contributed by atoms with Crippen LogP contribution in [0.1, 0.15) is 45.6 Å². The Labute approximate surface area is 169 Å². The molecule has 0 aromatic carbocycles. The molecular weight excluding hydrogens is 376 g/mol. The van der Waals surface area contributed by atoms with Crippen molar-refractivity contribution in [3.05, 3.63) is 41.2 Å². The number of hydrogen-bond acceptors (Lipinski definition) is 6. The maximum Gasteiger partial charge on any atom is 0.166 e. The molecule has 1 aliphatic heterocycles. The molecule has 1 fully saturated rings. The summed E-state index contributed by atoms with van der Waals surface area (Å²) >= 11 is 6.30. The molecule has 1 unspecified atom stereocenters. The molecule has 0 radical (unpaired) electrons. The molecule has 3 aromatic heterocycles. The van der Waals surface area contributed by atoms with Gasteiger partial charge in [-0.2, -0.15) is 0 Å². The fraction of sp³-hybridized carbons (Fsp3) is 0.500. The van der Waals surface area contributed by atoms with Crippen LogP contribution in [0.15, 0.2) is 24.7 Å². The second-order valence-electron chi connectivity index (χ2n) is 8.77. The van der Waals surface area contributed by atoms with E-state index in [2.05, 4.69) is 35.6 Å². The SMILES string of the molecule is CC1(O)CCN(c2nc(C(C)(C)C)nc3c2ncn3Cc2ncccc2Cl)C1. The molecule has 4 rings (SSSR count). The number of halogens is 1. The molecule has 0 saturated carbocycles. The summed E-state index contributed by atoms with van der Waals surface area (Å²) in [6, 6.07) is 3.64. The quantitative estimate of drug-likeness (QED) is 0.727. The van der Waals surface area contributed by atoms with Crippen LogP contribution in [0, 0.1) is 0 Å². The minimum absolute atomic E-state index is 0.219. The van der Waals surface area contributed by atoms with Crippen LogP contribution in [0.4, 0.5) is 5.82 Å². The molecule has 3 aromatic rings. The number of hydrogen-bond donors (Lipinski definition) is 1. The zero-order valence-electron chi connectivity index (χ0n) is 16.6. The number of imidazole rings is 1. The van der Waals surface area contributed by atoms with Crippen LogP contribution in [0.2, 0.25) is 5.02 Å². The molecule has 28 heavy (non-hydrogen) atoms. The highest BCUT2D eigenvalue weighted by molar-refractivity contribution is 6.31. The molecule has 148 valence electrons. The summed E-state index contributed by atoms with van der Waals surface area (Å²) in [7, 11) is 0. The van der Waals surface area contributed by atoms with Crippen LogP contribution >= 0.6 is 11.6 Å². The van der Waals surface area contributed by atoms with E-state index in [1.807, 2.05) is 23.6 Å². The Morgan fingerprint density at radius 3 is 2.68 bits per heavy atom. The van der Waals surface area contributed by atoms with Gasteiger partial charge < -0.3 is 14.6 Å². The lowest BCUT2D eigenvalue weighted by Gasteiger charge is -2.23. The first-order chi connectivity index (χ1) is 13.1. The van der Waals surface area contributed by atoms with Gasteiger partial charge in [0, 0.05) is 24.7 Å². The Bertz CT molecular complexity index is 1020. The van der Waals surface area contributed by atoms with Crippen LogP contribution in [0.25, 0.3) is 11.2 Å². The normalized spacial score (nSPS) is 20.3. The van der Waals surface area contributed by atoms with Gasteiger partial charge in [-0.15, -0.1) is 0 Å². The molecule has 1 aliphatic rings. The van der Waals surface area contributed by atoms with Crippen molar-refractivity contribution in [2.75, 3.05) is 18.0 Å². The first-order valence-electron chi connectivity index (χ1n) is 9.44. The van der Waals surface area contributed by atoms with E-state index in [1.54, 1.807) is 12.5 Å². The first kappa shape index (κ1) is 19.1. The van der Waals surface area contributed by atoms with Gasteiger partial charge in [-0.3, -0.25) is 4.98 Å². The maximum absolute atomic E-state index is 10.4. The fourth-order valence-corrected chi connectivity index (χ4v) is 3.60. The topological polar surface area (TPSA) is 80.0 Å². The van der Waals surface area contributed by atoms with Crippen molar-refractivity contribution in [3.63, 3.8) is 0 Å². The number of β-amino-alcohol motifs (C(OH)–C–C–N with tert-alkyl or cyclic N) is 1. The summed E-state index contributed by atoms with van der Waals surface area (Å²) in [4.78, 5) is 20.8. The van der Waals surface area contributed by atoms with Crippen LogP contribution in [0.3, 0.4) is 0 Å². The molecule has 0 amide bonds. The molecule has 0 aliphatic carbocycles. The van der Waals surface area contributed by atoms with Gasteiger partial charge in [-0.05, 0) is 25.5 Å². The zero-order valence-corrected chi connectivity index (χ0v) is 17.4. The second kappa shape index (κ2) is 6.67. The number of nitrogens with zero attached hydrogens (tertiary/aromatic N) is 6. The van der Waals surface area contributed by atoms with E-state index in [1.165, 1.54) is 0 Å². The minimum atomic E-state index is -0.719. The van der Waals surface area contributed by atoms with Gasteiger partial charge in [0.05, 0.1) is 29.2 Å². The van der Waals surface area contributed by atoms with E-state index >= 15 is 0 Å². The third-order valence-corrected chi connectivity index (χ3v) is 5.37. The monoisotopic (exact) mass is 400 g/mol. The van der Waals surface area contributed by atoms with E-state index in [4.69, 9.17) is 21.6 Å². The minimum Gasteiger partial charge on any atom is -0.388 e. The lowest BCUT2D eigenvalue weighted by atomic mass is 9.96. The Kier molecular flexibility index (Phi) is 4.55. The van der Waals surface area contributed by atoms with Gasteiger partial charge in [0.15, 0.2) is 17.0 Å². The van der Waals surface area contributed by atoms with Crippen molar-refractivity contribution in [2.24, 2.45) is 0 Å². The van der Waals surface area contributed by atoms with Crippen molar-refractivity contribution in [1.82, 2.24) is 24.5 Å². The van der Waals surface area contributed by atoms with Crippen molar-refractivity contribution < 1.29 is 5.11 Å². The van der Waals surface area contributed by atoms with Gasteiger partial charge >= 0.3 is 0 Å². The van der Waals surface area contributed by atoms with Gasteiger partial charge in [-0.1, -0.05) is 32.4 Å². The van der Waals surface area contributed by atoms with E-state index < -0.39 is 5.60 Å². The van der Waals surface area contributed by atoms with Crippen LogP contribution in [0.5, 0.6) is 0 Å². The summed E-state index contributed by atoms with van der Waals surface area (Å²) < 4.78 is 1.96. The predicted octanol–water partition coefficient (Wildman–Crippen LogP) is 3.18. The lowest BCUT2D eigenvalue weighted by molar-refractivity contribution is 0.0839. The Hall–Kier alpha value is -2.25. The summed E-state index contributed by atoms with van der Waals surface area (Å²) in [5.41, 5.74) is 1.32. The van der Waals surface area contributed by atoms with Gasteiger partial charge in [0.2, 0.25) is 0 Å². The Morgan fingerprint density at radius 2 is 2.04 bits per heavy atom. The average Bonchev–Trinajstić information content (AvgIpc) is 3.18. The third kappa shape index (κ3) is 3.56. The lowest BCUT2D eigenvalue weighted by Crippen LogP contribution is -2.31. The van der Waals surface area contributed by atoms with Crippen LogP contribution in [-0.2, 0) is 12.0 Å². The van der Waals surface area contributed by atoms with E-state index in [-0.39, 0.29) is 5.41 Å². The maximum atomic E-state index is 10.4. The predicted molar refractivity (Wildman–Crippen MR) is 110 cm³/mol. The van der Waals surface area contributed by atoms with E-state index in [0.29, 0.717) is 24.5 Å². The highest BCUT2D eigenvalue weighted by Gasteiger charge is 2.34. The Balaban J connectivity index is 1.84. The largest absolute Gasteiger partial charge is 0.388 e. The number of pyridine rings is 1. The third-order valence-electron chi connectivity index (χ3n) is 5.02. The summed E-state index contributed by atoms with van der Waals surface area (Å²) in [5.74, 6) is 1.52. The van der Waals surface area contributed by atoms with Gasteiger partial charge in [0.1, 0.15) is 5.82 Å². The number of anilines is 1. The molecule has 7 nitrogen and oxygen atoms in total. The van der Waals surface area contributed by atoms with Crippen molar-refractivity contribution >= 4 is 28.6 Å². The van der Waals surface area contributed by atoms with E-state index in [0.717, 1.165) is 35.0 Å². The van der Waals surface area contributed by atoms with Gasteiger partial charge in [-0.25, -0.2) is 15.0 Å². The molecule has 4 heterocycles. The van der Waals surface area contributed by atoms with Crippen molar-refractivity contribution in [3.8, 4) is 0 Å². The smallest absolute Gasteiger partial charge is 0.166 e. The molecule has 1 atom stereocenters. The molecule has 0 spiro atoms. The summed E-state index contributed by atoms with van der Waals surface area (Å²) in [6.45, 7) is 9.88. The molecule has 1 saturated heterocycles. The van der Waals surface area contributed by atoms with Crippen molar-refractivity contribution in [1.29, 1.82) is 0 Å². The molecule has 1 N–H and O–H groups in total. The fourth-order valence-electron chi connectivity index (χ4n) is 3.42. The number of rotatable bonds is 3. The van der Waals surface area contributed by atoms with Crippen LogP contribution in [-0.4, -0.2) is 48.3 Å². The number of fused-ring (bicyclic) bond motifs is 1. The summed E-state index contributed by atoms with van der Waals surface area (Å²) in [6.07, 6.45) is 4.19. The first-order valence-corrected chi connectivity index (χ1v) is 9.82. The molecule has 8 heteroatoms. The molecule has 0 bridgehead atoms. The average molecular weight is 401 g/mol. The van der Waals surface area contributed by atoms with Crippen molar-refractivity contribution in [2.45, 2.75) is 51.7 Å². The second-order valence-corrected chi connectivity index (χ2v) is 9.17. The number of aliphatic hydroxyl groups is 1. The molecular formula is C20H25ClN6O. The number of aromatic nitrogens is 5.